The Kier molecular flexibility index (Phi) is 8.28. The molecule has 1 atom stereocenters. The van der Waals surface area contributed by atoms with E-state index in [-0.39, 0.29) is 11.7 Å². The van der Waals surface area contributed by atoms with Crippen LogP contribution in [-0.4, -0.2) is 38.7 Å². The van der Waals surface area contributed by atoms with Crippen LogP contribution in [0.5, 0.6) is 0 Å². The van der Waals surface area contributed by atoms with Gasteiger partial charge in [-0.15, -0.1) is 11.3 Å². The van der Waals surface area contributed by atoms with Crippen LogP contribution in [0.1, 0.15) is 50.6 Å². The van der Waals surface area contributed by atoms with Crippen molar-refractivity contribution in [3.8, 4) is 0 Å². The third-order valence-electron chi connectivity index (χ3n) is 6.45. The Morgan fingerprint density at radius 2 is 1.95 bits per heavy atom. The summed E-state index contributed by atoms with van der Waals surface area (Å²) >= 11 is 1.50. The number of rotatable bonds is 11. The molecule has 0 saturated carbocycles. The first-order valence-electron chi connectivity index (χ1n) is 12.1. The van der Waals surface area contributed by atoms with E-state index < -0.39 is 0 Å². The minimum atomic E-state index is -0.343. The van der Waals surface area contributed by atoms with Gasteiger partial charge in [0.05, 0.1) is 23.4 Å². The number of hydrazone groups is 1. The summed E-state index contributed by atoms with van der Waals surface area (Å²) in [5, 5.41) is 15.3. The smallest absolute Gasteiger partial charge is 0.230 e. The van der Waals surface area contributed by atoms with Gasteiger partial charge in [0, 0.05) is 29.6 Å². The second kappa shape index (κ2) is 11.8. The number of amides is 1. The number of aromatic nitrogens is 2. The third-order valence-corrected chi connectivity index (χ3v) is 7.64. The first-order valence-corrected chi connectivity index (χ1v) is 13.0. The molecule has 2 aromatic carbocycles. The molecule has 1 amide bonds. The van der Waals surface area contributed by atoms with E-state index in [1.165, 1.54) is 22.5 Å². The number of benzene rings is 2. The van der Waals surface area contributed by atoms with Crippen LogP contribution in [-0.2, 0) is 24.8 Å². The quantitative estimate of drug-likeness (QED) is 0.124. The van der Waals surface area contributed by atoms with Gasteiger partial charge in [-0.25, -0.2) is 9.99 Å². The molecule has 0 spiro atoms. The molecule has 3 N–H and O–H groups in total. The SMILES string of the molecule is CC(=O)c1cccc(CC(C(=N)/C=C\N)c2nc3c(s2)c(/C=N\N(C=O)Cc2ccccc2)c(C)n3C)c1. The average Bonchev–Trinajstić information content (AvgIpc) is 3.44. The number of ketones is 1. The van der Waals surface area contributed by atoms with Gasteiger partial charge in [0.15, 0.2) is 11.4 Å². The number of nitrogens with zero attached hydrogens (tertiary/aromatic N) is 4. The van der Waals surface area contributed by atoms with Crippen LogP contribution in [0.4, 0.5) is 0 Å². The minimum Gasteiger partial charge on any atom is -0.405 e. The number of nitrogens with one attached hydrogen (secondary N) is 1. The van der Waals surface area contributed by atoms with E-state index in [0.29, 0.717) is 30.7 Å². The number of allylic oxidation sites excluding steroid dienone is 1. The van der Waals surface area contributed by atoms with Gasteiger partial charge in [-0.05, 0) is 49.7 Å². The fourth-order valence-corrected chi connectivity index (χ4v) is 5.52. The van der Waals surface area contributed by atoms with Gasteiger partial charge in [-0.2, -0.15) is 5.10 Å². The second-order valence-electron chi connectivity index (χ2n) is 9.02. The number of fused-ring (bicyclic) bond motifs is 1. The fourth-order valence-electron chi connectivity index (χ4n) is 4.25. The monoisotopic (exact) mass is 526 g/mol. The van der Waals surface area contributed by atoms with Gasteiger partial charge in [0.1, 0.15) is 5.01 Å². The lowest BCUT2D eigenvalue weighted by Gasteiger charge is -2.14. The molecule has 2 heterocycles. The zero-order valence-electron chi connectivity index (χ0n) is 21.6. The first-order chi connectivity index (χ1) is 18.3. The number of hydrogen-bond donors (Lipinski definition) is 2. The molecule has 0 aliphatic rings. The lowest BCUT2D eigenvalue weighted by molar-refractivity contribution is -0.118. The van der Waals surface area contributed by atoms with Crippen LogP contribution >= 0.6 is 11.3 Å². The predicted octanol–water partition coefficient (Wildman–Crippen LogP) is 4.96. The Morgan fingerprint density at radius 3 is 2.63 bits per heavy atom. The molecule has 8 nitrogen and oxygen atoms in total. The van der Waals surface area contributed by atoms with Crippen molar-refractivity contribution in [2.45, 2.75) is 32.7 Å². The van der Waals surface area contributed by atoms with Crippen molar-refractivity contribution in [3.05, 3.63) is 99.8 Å². The van der Waals surface area contributed by atoms with Gasteiger partial charge in [-0.3, -0.25) is 9.59 Å². The summed E-state index contributed by atoms with van der Waals surface area (Å²) in [5.74, 6) is -0.347. The first kappa shape index (κ1) is 26.7. The largest absolute Gasteiger partial charge is 0.405 e. The topological polar surface area (TPSA) is 117 Å². The fraction of sp³-hybridized carbons (Fsp3) is 0.207. The molecule has 38 heavy (non-hydrogen) atoms. The van der Waals surface area contributed by atoms with E-state index in [0.717, 1.165) is 37.7 Å². The Balaban J connectivity index is 1.69. The van der Waals surface area contributed by atoms with Crippen LogP contribution < -0.4 is 5.73 Å². The molecular formula is C29H30N6O2S. The number of hydrogen-bond acceptors (Lipinski definition) is 7. The molecule has 1 unspecified atom stereocenters. The van der Waals surface area contributed by atoms with Crippen LogP contribution in [0.2, 0.25) is 0 Å². The van der Waals surface area contributed by atoms with Gasteiger partial charge < -0.3 is 15.7 Å². The summed E-state index contributed by atoms with van der Waals surface area (Å²) in [4.78, 5) is 28.5. The maximum absolute atomic E-state index is 11.9. The van der Waals surface area contributed by atoms with Gasteiger partial charge in [0.2, 0.25) is 6.41 Å². The Hall–Kier alpha value is -4.37. The summed E-state index contributed by atoms with van der Waals surface area (Å²) < 4.78 is 2.93. The molecule has 2 aromatic heterocycles. The van der Waals surface area contributed by atoms with E-state index in [4.69, 9.17) is 16.1 Å². The molecule has 0 aliphatic heterocycles. The van der Waals surface area contributed by atoms with Crippen LogP contribution in [0, 0.1) is 12.3 Å². The zero-order valence-corrected chi connectivity index (χ0v) is 22.4. The van der Waals surface area contributed by atoms with Crippen LogP contribution in [0.15, 0.2) is 72.0 Å². The third kappa shape index (κ3) is 5.78. The highest BCUT2D eigenvalue weighted by molar-refractivity contribution is 7.19. The van der Waals surface area contributed by atoms with Gasteiger partial charge >= 0.3 is 0 Å². The van der Waals surface area contributed by atoms with E-state index in [1.54, 1.807) is 25.3 Å². The highest BCUT2D eigenvalue weighted by Crippen LogP contribution is 2.35. The van der Waals surface area contributed by atoms with E-state index in [2.05, 4.69) is 5.10 Å². The minimum absolute atomic E-state index is 0.00338. The van der Waals surface area contributed by atoms with Gasteiger partial charge in [0.25, 0.3) is 0 Å². The molecule has 0 fully saturated rings. The van der Waals surface area contributed by atoms with Crippen LogP contribution in [0.3, 0.4) is 0 Å². The molecule has 9 heteroatoms. The number of carbonyl (C=O) groups is 2. The number of aryl methyl sites for hydroxylation is 1. The van der Waals surface area contributed by atoms with E-state index in [1.807, 2.05) is 67.1 Å². The van der Waals surface area contributed by atoms with Crippen molar-refractivity contribution >= 4 is 45.8 Å². The zero-order chi connectivity index (χ0) is 27.2. The van der Waals surface area contributed by atoms with Crippen molar-refractivity contribution in [2.75, 3.05) is 0 Å². The Labute approximate surface area is 225 Å². The normalized spacial score (nSPS) is 12.4. The second-order valence-corrected chi connectivity index (χ2v) is 10.1. The Morgan fingerprint density at radius 1 is 1.21 bits per heavy atom. The molecule has 4 aromatic rings. The molecule has 4 rings (SSSR count). The predicted molar refractivity (Wildman–Crippen MR) is 153 cm³/mol. The lowest BCUT2D eigenvalue weighted by atomic mass is 9.93. The van der Waals surface area contributed by atoms with Crippen LogP contribution in [0.25, 0.3) is 10.3 Å². The average molecular weight is 527 g/mol. The maximum atomic E-state index is 11.9. The number of thiazole rings is 1. The number of Topliss-reactive ketones (excluding diaryl/α,β-unsaturated/α-hetero) is 1. The van der Waals surface area contributed by atoms with Crippen molar-refractivity contribution in [3.63, 3.8) is 0 Å². The summed E-state index contributed by atoms with van der Waals surface area (Å²) in [6.45, 7) is 3.90. The van der Waals surface area contributed by atoms with Crippen molar-refractivity contribution < 1.29 is 9.59 Å². The molecular weight excluding hydrogens is 496 g/mol. The standard InChI is InChI=1S/C29H30N6O2S/c1-19-25(16-32-35(18-36)17-21-8-5-4-6-9-21)27-28(34(19)3)33-29(38-27)24(26(31)12-13-30)15-22-10-7-11-23(14-22)20(2)37/h4-14,16,18,24,31H,15,17,30H2,1-3H3/b13-12-,31-26?,32-16-. The highest BCUT2D eigenvalue weighted by atomic mass is 32.1. The number of nitrogens with two attached hydrogens (primary N) is 1. The summed E-state index contributed by atoms with van der Waals surface area (Å²) in [6, 6.07) is 17.1. The highest BCUT2D eigenvalue weighted by Gasteiger charge is 2.24. The summed E-state index contributed by atoms with van der Waals surface area (Å²) in [7, 11) is 1.94. The summed E-state index contributed by atoms with van der Waals surface area (Å²) in [5.41, 5.74) is 11.2. The van der Waals surface area contributed by atoms with E-state index in [9.17, 15) is 9.59 Å². The molecule has 0 aliphatic carbocycles. The van der Waals surface area contributed by atoms with Crippen molar-refractivity contribution in [1.82, 2.24) is 14.6 Å². The van der Waals surface area contributed by atoms with Crippen molar-refractivity contribution in [2.24, 2.45) is 17.9 Å². The maximum Gasteiger partial charge on any atom is 0.230 e. The lowest BCUT2D eigenvalue weighted by Crippen LogP contribution is -2.15. The molecule has 0 bridgehead atoms. The molecule has 0 radical (unpaired) electrons. The number of carbonyl (C=O) groups excluding carboxylic acids is 2. The van der Waals surface area contributed by atoms with Crippen molar-refractivity contribution in [1.29, 1.82) is 5.41 Å². The molecule has 0 saturated heterocycles. The van der Waals surface area contributed by atoms with E-state index >= 15 is 0 Å². The van der Waals surface area contributed by atoms with Gasteiger partial charge in [-0.1, -0.05) is 48.5 Å². The molecule has 194 valence electrons. The Bertz CT molecular complexity index is 1530. The summed E-state index contributed by atoms with van der Waals surface area (Å²) in [6.07, 6.45) is 5.85.